The Morgan fingerprint density at radius 1 is 1.19 bits per heavy atom. The number of rotatable bonds is 3. The monoisotopic (exact) mass is 420 g/mol. The Morgan fingerprint density at radius 2 is 2.00 bits per heavy atom. The summed E-state index contributed by atoms with van der Waals surface area (Å²) in [5, 5.41) is 3.91. The van der Waals surface area contributed by atoms with Crippen molar-refractivity contribution in [2.75, 3.05) is 43.4 Å². The van der Waals surface area contributed by atoms with Crippen LogP contribution in [0.3, 0.4) is 0 Å². The molecule has 1 N–H and O–H groups in total. The number of aliphatic imine (C=N–C) groups is 1. The van der Waals surface area contributed by atoms with Gasteiger partial charge in [-0.15, -0.1) is 0 Å². The maximum atomic E-state index is 14.1. The van der Waals surface area contributed by atoms with Gasteiger partial charge in [0.1, 0.15) is 17.6 Å². The van der Waals surface area contributed by atoms with Gasteiger partial charge in [0.05, 0.1) is 11.2 Å². The first-order valence-electron chi connectivity index (χ1n) is 10.4. The molecule has 1 amide bonds. The Hall–Kier alpha value is -3.32. The summed E-state index contributed by atoms with van der Waals surface area (Å²) in [6.45, 7) is 5.59. The third-order valence-electron chi connectivity index (χ3n) is 5.90. The lowest BCUT2D eigenvalue weighted by molar-refractivity contribution is -0.110. The highest BCUT2D eigenvalue weighted by atomic mass is 19.1. The van der Waals surface area contributed by atoms with Crippen molar-refractivity contribution in [3.63, 3.8) is 0 Å². The Kier molecular flexibility index (Phi) is 4.90. The normalized spacial score (nSPS) is 19.5. The summed E-state index contributed by atoms with van der Waals surface area (Å²) in [6.07, 6.45) is 6.37. The molecule has 1 aromatic heterocycles. The van der Waals surface area contributed by atoms with E-state index in [1.54, 1.807) is 12.3 Å². The van der Waals surface area contributed by atoms with Gasteiger partial charge in [0.15, 0.2) is 0 Å². The van der Waals surface area contributed by atoms with Crippen molar-refractivity contribution in [3.05, 3.63) is 71.7 Å². The van der Waals surface area contributed by atoms with Crippen molar-refractivity contribution >= 4 is 33.9 Å². The van der Waals surface area contributed by atoms with Gasteiger partial charge in [-0.2, -0.15) is 0 Å². The predicted octanol–water partition coefficient (Wildman–Crippen LogP) is 4.14. The maximum absolute atomic E-state index is 14.1. The molecule has 6 nitrogen and oxygen atoms in total. The van der Waals surface area contributed by atoms with Crippen LogP contribution in [0.25, 0.3) is 10.9 Å². The first-order valence-corrected chi connectivity index (χ1v) is 10.4. The van der Waals surface area contributed by atoms with Gasteiger partial charge in [-0.25, -0.2) is 4.39 Å². The van der Waals surface area contributed by atoms with Crippen LogP contribution in [-0.2, 0) is 4.79 Å². The fourth-order valence-corrected chi connectivity index (χ4v) is 4.11. The van der Waals surface area contributed by atoms with Crippen molar-refractivity contribution in [3.8, 4) is 0 Å². The number of piperazine rings is 1. The molecular weight excluding hydrogens is 393 g/mol. The lowest BCUT2D eigenvalue weighted by atomic mass is 9.96. The summed E-state index contributed by atoms with van der Waals surface area (Å²) in [6, 6.07) is 8.27. The Bertz CT molecular complexity index is 1200. The van der Waals surface area contributed by atoms with Gasteiger partial charge in [0.2, 0.25) is 0 Å². The van der Waals surface area contributed by atoms with E-state index in [2.05, 4.69) is 32.1 Å². The molecule has 1 aromatic carbocycles. The molecule has 5 rings (SSSR count). The zero-order valence-electron chi connectivity index (χ0n) is 17.5. The number of allylic oxidation sites excluding steroid dienone is 2. The summed E-state index contributed by atoms with van der Waals surface area (Å²) in [5.41, 5.74) is 4.00. The fourth-order valence-electron chi connectivity index (χ4n) is 4.11. The van der Waals surface area contributed by atoms with Crippen molar-refractivity contribution < 1.29 is 12.0 Å². The minimum Gasteiger partial charge on any atom is -0.367 e. The smallest absolute Gasteiger partial charge is 0.273 e. The SMILES string of the molecule is CC1=CC=C(F)C2=CC(C(=O)Nc3cc(N4CCN(C)CC4)c4ncccc4c3)=N[C]12.[HH].[HH]. The molecule has 1 radical (unpaired) electrons. The van der Waals surface area contributed by atoms with Gasteiger partial charge in [0, 0.05) is 51.9 Å². The number of hydrogen-bond donors (Lipinski definition) is 1. The first-order chi connectivity index (χ1) is 15.0. The minimum atomic E-state index is -0.374. The van der Waals surface area contributed by atoms with E-state index in [1.165, 1.54) is 12.2 Å². The van der Waals surface area contributed by atoms with E-state index in [-0.39, 0.29) is 20.3 Å². The van der Waals surface area contributed by atoms with Crippen LogP contribution >= 0.6 is 0 Å². The highest BCUT2D eigenvalue weighted by Crippen LogP contribution is 2.38. The molecular formula is C24H27FN5O. The van der Waals surface area contributed by atoms with Crippen molar-refractivity contribution in [2.45, 2.75) is 6.92 Å². The molecule has 7 heteroatoms. The average molecular weight is 421 g/mol. The number of anilines is 2. The molecule has 0 bridgehead atoms. The number of carbonyl (C=O) groups excluding carboxylic acids is 1. The number of carbonyl (C=O) groups is 1. The number of fused-ring (bicyclic) bond motifs is 2. The van der Waals surface area contributed by atoms with Crippen LogP contribution in [0.5, 0.6) is 0 Å². The maximum Gasteiger partial charge on any atom is 0.273 e. The number of pyridine rings is 1. The van der Waals surface area contributed by atoms with E-state index in [0.717, 1.165) is 48.3 Å². The molecule has 1 saturated heterocycles. The lowest BCUT2D eigenvalue weighted by Crippen LogP contribution is -2.44. The van der Waals surface area contributed by atoms with Gasteiger partial charge in [-0.1, -0.05) is 12.1 Å². The van der Waals surface area contributed by atoms with Gasteiger partial charge in [-0.3, -0.25) is 14.8 Å². The summed E-state index contributed by atoms with van der Waals surface area (Å²) in [7, 11) is 2.12. The van der Waals surface area contributed by atoms with E-state index >= 15 is 0 Å². The fraction of sp³-hybridized carbons (Fsp3) is 0.250. The number of benzene rings is 1. The number of halogens is 1. The van der Waals surface area contributed by atoms with Crippen LogP contribution in [0, 0.1) is 6.04 Å². The van der Waals surface area contributed by atoms with Crippen molar-refractivity contribution in [1.29, 1.82) is 0 Å². The summed E-state index contributed by atoms with van der Waals surface area (Å²) >= 11 is 0. The highest BCUT2D eigenvalue weighted by Gasteiger charge is 2.31. The standard InChI is InChI=1S/C24H23FN5O.2H2/c1-15-5-6-19(25)18-14-20(28-22(15)18)24(31)27-17-12-16-4-3-7-26-23(16)21(13-17)30-10-8-29(2)9-11-30;;/h3-7,12-14H,8-11H2,1-2H3,(H,27,31);2*1H. The van der Waals surface area contributed by atoms with Gasteiger partial charge in [-0.05, 0) is 49.9 Å². The van der Waals surface area contributed by atoms with E-state index in [0.29, 0.717) is 17.3 Å². The van der Waals surface area contributed by atoms with Crippen molar-refractivity contribution in [2.24, 2.45) is 4.99 Å². The van der Waals surface area contributed by atoms with E-state index in [9.17, 15) is 9.18 Å². The zero-order chi connectivity index (χ0) is 21.5. The van der Waals surface area contributed by atoms with E-state index in [1.807, 2.05) is 31.2 Å². The zero-order valence-corrected chi connectivity index (χ0v) is 17.5. The van der Waals surface area contributed by atoms with Crippen LogP contribution in [-0.4, -0.2) is 54.7 Å². The number of amides is 1. The van der Waals surface area contributed by atoms with E-state index < -0.39 is 0 Å². The predicted molar refractivity (Wildman–Crippen MR) is 126 cm³/mol. The molecule has 0 unspecified atom stereocenters. The molecule has 161 valence electrons. The first kappa shape index (κ1) is 19.6. The number of nitrogens with zero attached hydrogens (tertiary/aromatic N) is 4. The second-order valence-electron chi connectivity index (χ2n) is 8.08. The topological polar surface area (TPSA) is 60.8 Å². The summed E-state index contributed by atoms with van der Waals surface area (Å²) < 4.78 is 14.1. The number of hydrogen-bond acceptors (Lipinski definition) is 5. The molecule has 2 aromatic rings. The Labute approximate surface area is 183 Å². The molecule has 3 aliphatic rings. The lowest BCUT2D eigenvalue weighted by Gasteiger charge is -2.34. The minimum absolute atomic E-state index is 0. The van der Waals surface area contributed by atoms with Crippen LogP contribution in [0.1, 0.15) is 9.78 Å². The largest absolute Gasteiger partial charge is 0.367 e. The van der Waals surface area contributed by atoms with Gasteiger partial charge < -0.3 is 15.1 Å². The van der Waals surface area contributed by atoms with Crippen LogP contribution in [0.4, 0.5) is 15.8 Å². The molecule has 0 spiro atoms. The van der Waals surface area contributed by atoms with Crippen LogP contribution < -0.4 is 10.2 Å². The Balaban J connectivity index is 0.00000153. The van der Waals surface area contributed by atoms with Crippen LogP contribution in [0.15, 0.2) is 70.7 Å². The summed E-state index contributed by atoms with van der Waals surface area (Å²) in [5.74, 6) is -0.733. The van der Waals surface area contributed by atoms with Gasteiger partial charge >= 0.3 is 0 Å². The molecule has 3 heterocycles. The number of nitrogens with one attached hydrogen (secondary N) is 1. The second kappa shape index (κ2) is 7.74. The van der Waals surface area contributed by atoms with Crippen molar-refractivity contribution in [1.82, 2.24) is 9.88 Å². The molecule has 0 saturated carbocycles. The highest BCUT2D eigenvalue weighted by molar-refractivity contribution is 6.48. The average Bonchev–Trinajstić information content (AvgIpc) is 3.24. The third kappa shape index (κ3) is 3.65. The number of aromatic nitrogens is 1. The second-order valence-corrected chi connectivity index (χ2v) is 8.08. The Morgan fingerprint density at radius 3 is 2.77 bits per heavy atom. The van der Waals surface area contributed by atoms with Gasteiger partial charge in [0.25, 0.3) is 5.91 Å². The molecule has 2 aliphatic heterocycles. The van der Waals surface area contributed by atoms with Crippen LogP contribution in [0.2, 0.25) is 0 Å². The van der Waals surface area contributed by atoms with E-state index in [4.69, 9.17) is 0 Å². The molecule has 31 heavy (non-hydrogen) atoms. The summed E-state index contributed by atoms with van der Waals surface area (Å²) in [4.78, 5) is 26.5. The number of likely N-dealkylation sites (N-methyl/N-ethyl adjacent to an activating group) is 1. The third-order valence-corrected chi connectivity index (χ3v) is 5.90. The quantitative estimate of drug-likeness (QED) is 0.811. The molecule has 1 aliphatic carbocycles. The molecule has 1 fully saturated rings. The molecule has 0 atom stereocenters.